The van der Waals surface area contributed by atoms with Gasteiger partial charge in [0, 0.05) is 25.4 Å². The van der Waals surface area contributed by atoms with E-state index in [0.717, 1.165) is 11.6 Å². The molecular formula is C12H12FN3O2. The Kier molecular flexibility index (Phi) is 3.27. The molecule has 0 amide bonds. The maximum absolute atomic E-state index is 13.6. The lowest BCUT2D eigenvalue weighted by Gasteiger charge is -2.06. The van der Waals surface area contributed by atoms with Crippen LogP contribution >= 0.6 is 0 Å². The first kappa shape index (κ1) is 12.1. The second-order valence-corrected chi connectivity index (χ2v) is 3.88. The predicted octanol–water partition coefficient (Wildman–Crippen LogP) is 1.87. The number of carbonyl (C=O) groups is 1. The van der Waals surface area contributed by atoms with Crippen molar-refractivity contribution in [1.82, 2.24) is 9.78 Å². The highest BCUT2D eigenvalue weighted by atomic mass is 19.1. The van der Waals surface area contributed by atoms with E-state index in [0.29, 0.717) is 6.54 Å². The average molecular weight is 249 g/mol. The molecule has 0 atom stereocenters. The molecule has 2 N–H and O–H groups in total. The van der Waals surface area contributed by atoms with Crippen LogP contribution in [0, 0.1) is 5.82 Å². The summed E-state index contributed by atoms with van der Waals surface area (Å²) in [4.78, 5) is 10.6. The number of hydrogen-bond donors (Lipinski definition) is 2. The molecule has 0 radical (unpaired) electrons. The molecule has 0 aliphatic carbocycles. The molecule has 1 aromatic carbocycles. The number of nitrogens with one attached hydrogen (secondary N) is 1. The summed E-state index contributed by atoms with van der Waals surface area (Å²) in [5, 5.41) is 15.6. The van der Waals surface area contributed by atoms with Crippen LogP contribution in [-0.4, -0.2) is 20.9 Å². The largest absolute Gasteiger partial charge is 0.478 e. The smallest absolute Gasteiger partial charge is 0.335 e. The molecule has 6 heteroatoms. The summed E-state index contributed by atoms with van der Waals surface area (Å²) >= 11 is 0. The maximum atomic E-state index is 13.6. The Morgan fingerprint density at radius 1 is 1.56 bits per heavy atom. The van der Waals surface area contributed by atoms with Crippen LogP contribution in [0.3, 0.4) is 0 Å². The molecule has 0 saturated heterocycles. The van der Waals surface area contributed by atoms with E-state index in [1.165, 1.54) is 12.1 Å². The van der Waals surface area contributed by atoms with Crippen LogP contribution in [0.15, 0.2) is 30.6 Å². The van der Waals surface area contributed by atoms with Gasteiger partial charge in [0.05, 0.1) is 17.4 Å². The zero-order chi connectivity index (χ0) is 13.1. The topological polar surface area (TPSA) is 67.2 Å². The Morgan fingerprint density at radius 2 is 2.33 bits per heavy atom. The standard InChI is InChI=1S/C12H12FN3O2/c1-16-7-8(6-15-16)5-14-11-3-2-9(12(17)18)4-10(11)13/h2-4,6-7,14H,5H2,1H3,(H,17,18). The first-order valence-electron chi connectivity index (χ1n) is 5.30. The molecule has 5 nitrogen and oxygen atoms in total. The number of aryl methyl sites for hydroxylation is 1. The Morgan fingerprint density at radius 3 is 2.89 bits per heavy atom. The fourth-order valence-corrected chi connectivity index (χ4v) is 1.55. The van der Waals surface area contributed by atoms with Crippen LogP contribution in [0.1, 0.15) is 15.9 Å². The zero-order valence-corrected chi connectivity index (χ0v) is 9.72. The highest BCUT2D eigenvalue weighted by Gasteiger charge is 2.08. The number of halogens is 1. The lowest BCUT2D eigenvalue weighted by atomic mass is 10.2. The van der Waals surface area contributed by atoms with Gasteiger partial charge in [-0.1, -0.05) is 0 Å². The predicted molar refractivity (Wildman–Crippen MR) is 63.9 cm³/mol. The van der Waals surface area contributed by atoms with Crippen molar-refractivity contribution >= 4 is 11.7 Å². The van der Waals surface area contributed by atoms with Gasteiger partial charge in [0.1, 0.15) is 5.82 Å². The van der Waals surface area contributed by atoms with Gasteiger partial charge in [-0.2, -0.15) is 5.10 Å². The van der Waals surface area contributed by atoms with Gasteiger partial charge in [0.25, 0.3) is 0 Å². The normalized spacial score (nSPS) is 10.3. The second kappa shape index (κ2) is 4.87. The van der Waals surface area contributed by atoms with Crippen molar-refractivity contribution in [2.75, 3.05) is 5.32 Å². The molecule has 0 fully saturated rings. The highest BCUT2D eigenvalue weighted by molar-refractivity contribution is 5.88. The van der Waals surface area contributed by atoms with Crippen LogP contribution in [0.25, 0.3) is 0 Å². The molecule has 94 valence electrons. The quantitative estimate of drug-likeness (QED) is 0.868. The number of hydrogen-bond acceptors (Lipinski definition) is 3. The molecule has 18 heavy (non-hydrogen) atoms. The average Bonchev–Trinajstić information content (AvgIpc) is 2.73. The van der Waals surface area contributed by atoms with Gasteiger partial charge in [0.15, 0.2) is 0 Å². The van der Waals surface area contributed by atoms with Crippen molar-refractivity contribution in [3.05, 3.63) is 47.5 Å². The van der Waals surface area contributed by atoms with E-state index in [2.05, 4.69) is 10.4 Å². The lowest BCUT2D eigenvalue weighted by Crippen LogP contribution is -2.03. The summed E-state index contributed by atoms with van der Waals surface area (Å²) in [6.07, 6.45) is 3.49. The number of anilines is 1. The van der Waals surface area contributed by atoms with Crippen LogP contribution in [0.5, 0.6) is 0 Å². The van der Waals surface area contributed by atoms with Crippen molar-refractivity contribution in [2.24, 2.45) is 7.05 Å². The minimum absolute atomic E-state index is 0.0700. The Hall–Kier alpha value is -2.37. The summed E-state index contributed by atoms with van der Waals surface area (Å²) in [6.45, 7) is 0.428. The van der Waals surface area contributed by atoms with E-state index in [1.807, 2.05) is 6.20 Å². The first-order chi connectivity index (χ1) is 8.56. The van der Waals surface area contributed by atoms with Crippen LogP contribution in [0.2, 0.25) is 0 Å². The lowest BCUT2D eigenvalue weighted by molar-refractivity contribution is 0.0696. The van der Waals surface area contributed by atoms with Crippen molar-refractivity contribution in [1.29, 1.82) is 0 Å². The SMILES string of the molecule is Cn1cc(CNc2ccc(C(=O)O)cc2F)cn1. The number of benzene rings is 1. The Balaban J connectivity index is 2.08. The first-order valence-corrected chi connectivity index (χ1v) is 5.30. The molecule has 2 aromatic rings. The molecule has 0 saturated carbocycles. The fourth-order valence-electron chi connectivity index (χ4n) is 1.55. The van der Waals surface area contributed by atoms with E-state index < -0.39 is 11.8 Å². The van der Waals surface area contributed by atoms with Gasteiger partial charge in [-0.05, 0) is 18.2 Å². The van der Waals surface area contributed by atoms with Gasteiger partial charge in [-0.25, -0.2) is 9.18 Å². The summed E-state index contributed by atoms with van der Waals surface area (Å²) in [6, 6.07) is 3.76. The second-order valence-electron chi connectivity index (χ2n) is 3.88. The molecular weight excluding hydrogens is 237 g/mol. The Labute approximate surface area is 103 Å². The summed E-state index contributed by atoms with van der Waals surface area (Å²) in [5.74, 6) is -1.73. The molecule has 0 aliphatic heterocycles. The molecule has 1 heterocycles. The molecule has 2 rings (SSSR count). The minimum Gasteiger partial charge on any atom is -0.478 e. The van der Waals surface area contributed by atoms with Crippen molar-refractivity contribution in [3.63, 3.8) is 0 Å². The number of aromatic nitrogens is 2. The third kappa shape index (κ3) is 2.65. The van der Waals surface area contributed by atoms with Crippen molar-refractivity contribution < 1.29 is 14.3 Å². The number of carboxylic acids is 1. The third-order valence-corrected chi connectivity index (χ3v) is 2.46. The van der Waals surface area contributed by atoms with Gasteiger partial charge in [0.2, 0.25) is 0 Å². The van der Waals surface area contributed by atoms with E-state index >= 15 is 0 Å². The molecule has 1 aromatic heterocycles. The molecule has 0 unspecified atom stereocenters. The number of rotatable bonds is 4. The number of aromatic carboxylic acids is 1. The van der Waals surface area contributed by atoms with Crippen LogP contribution in [-0.2, 0) is 13.6 Å². The Bertz CT molecular complexity index is 580. The van der Waals surface area contributed by atoms with Crippen LogP contribution in [0.4, 0.5) is 10.1 Å². The molecule has 0 aliphatic rings. The van der Waals surface area contributed by atoms with Crippen molar-refractivity contribution in [3.8, 4) is 0 Å². The summed E-state index contributed by atoms with van der Waals surface area (Å²) in [7, 11) is 1.80. The van der Waals surface area contributed by atoms with E-state index in [4.69, 9.17) is 5.11 Å². The van der Waals surface area contributed by atoms with E-state index in [1.54, 1.807) is 17.9 Å². The third-order valence-electron chi connectivity index (χ3n) is 2.46. The summed E-state index contributed by atoms with van der Waals surface area (Å²) in [5.41, 5.74) is 1.11. The summed E-state index contributed by atoms with van der Waals surface area (Å²) < 4.78 is 15.2. The monoisotopic (exact) mass is 249 g/mol. The van der Waals surface area contributed by atoms with E-state index in [9.17, 15) is 9.18 Å². The van der Waals surface area contributed by atoms with Gasteiger partial charge < -0.3 is 10.4 Å². The minimum atomic E-state index is -1.15. The fraction of sp³-hybridized carbons (Fsp3) is 0.167. The zero-order valence-electron chi connectivity index (χ0n) is 9.72. The molecule has 0 spiro atoms. The molecule has 0 bridgehead atoms. The van der Waals surface area contributed by atoms with E-state index in [-0.39, 0.29) is 11.3 Å². The van der Waals surface area contributed by atoms with Crippen LogP contribution < -0.4 is 5.32 Å². The van der Waals surface area contributed by atoms with Gasteiger partial charge >= 0.3 is 5.97 Å². The van der Waals surface area contributed by atoms with Crippen molar-refractivity contribution in [2.45, 2.75) is 6.54 Å². The highest BCUT2D eigenvalue weighted by Crippen LogP contribution is 2.16. The maximum Gasteiger partial charge on any atom is 0.335 e. The van der Waals surface area contributed by atoms with Gasteiger partial charge in [-0.15, -0.1) is 0 Å². The number of carboxylic acid groups (broad SMARTS) is 1. The van der Waals surface area contributed by atoms with Gasteiger partial charge in [-0.3, -0.25) is 4.68 Å². The number of nitrogens with zero attached hydrogens (tertiary/aromatic N) is 2.